The second-order valence-electron chi connectivity index (χ2n) is 6.24. The van der Waals surface area contributed by atoms with Crippen molar-refractivity contribution < 1.29 is 8.42 Å². The molecule has 2 aromatic carbocycles. The van der Waals surface area contributed by atoms with Crippen LogP contribution in [0.1, 0.15) is 31.0 Å². The first kappa shape index (κ1) is 15.3. The number of hydrogen-bond donors (Lipinski definition) is 0. The molecule has 1 aliphatic heterocycles. The van der Waals surface area contributed by atoms with Gasteiger partial charge in [-0.05, 0) is 30.5 Å². The Hall–Kier alpha value is -1.65. The summed E-state index contributed by atoms with van der Waals surface area (Å²) in [4.78, 5) is 0.377. The molecule has 3 rings (SSSR count). The lowest BCUT2D eigenvalue weighted by Gasteiger charge is -2.08. The highest BCUT2D eigenvalue weighted by atomic mass is 32.2. The zero-order valence-electron chi connectivity index (χ0n) is 13.1. The largest absolute Gasteiger partial charge is 0.244 e. The van der Waals surface area contributed by atoms with Crippen LogP contribution >= 0.6 is 0 Å². The summed E-state index contributed by atoms with van der Waals surface area (Å²) in [7, 11) is -3.44. The van der Waals surface area contributed by atoms with Gasteiger partial charge in [-0.2, -0.15) is 4.31 Å². The van der Waals surface area contributed by atoms with Crippen molar-refractivity contribution in [2.45, 2.75) is 37.8 Å². The van der Waals surface area contributed by atoms with Crippen LogP contribution in [-0.2, 0) is 10.0 Å². The van der Waals surface area contributed by atoms with Crippen molar-refractivity contribution in [3.05, 3.63) is 65.7 Å². The Bertz CT molecular complexity index is 751. The van der Waals surface area contributed by atoms with Crippen LogP contribution in [-0.4, -0.2) is 18.8 Å². The van der Waals surface area contributed by atoms with Crippen LogP contribution < -0.4 is 0 Å². The van der Waals surface area contributed by atoms with Gasteiger partial charge in [-0.3, -0.25) is 0 Å². The summed E-state index contributed by atoms with van der Waals surface area (Å²) in [6.07, 6.45) is 0. The van der Waals surface area contributed by atoms with Crippen LogP contribution in [0, 0.1) is 12.8 Å². The van der Waals surface area contributed by atoms with E-state index in [1.807, 2.05) is 49.4 Å². The fourth-order valence-electron chi connectivity index (χ4n) is 3.02. The molecule has 22 heavy (non-hydrogen) atoms. The average Bonchev–Trinajstić information content (AvgIpc) is 3.25. The third-order valence-electron chi connectivity index (χ3n) is 4.22. The minimum Gasteiger partial charge on any atom is -0.207 e. The highest BCUT2D eigenvalue weighted by Gasteiger charge is 2.57. The van der Waals surface area contributed by atoms with Gasteiger partial charge >= 0.3 is 0 Å². The van der Waals surface area contributed by atoms with Gasteiger partial charge in [-0.25, -0.2) is 8.42 Å². The van der Waals surface area contributed by atoms with E-state index in [9.17, 15) is 8.42 Å². The molecule has 2 aromatic rings. The second kappa shape index (κ2) is 5.52. The van der Waals surface area contributed by atoms with Crippen LogP contribution in [0.2, 0.25) is 0 Å². The van der Waals surface area contributed by atoms with Crippen molar-refractivity contribution in [3.63, 3.8) is 0 Å². The Morgan fingerprint density at radius 3 is 2.09 bits per heavy atom. The third-order valence-corrected chi connectivity index (χ3v) is 6.12. The van der Waals surface area contributed by atoms with Crippen molar-refractivity contribution in [1.29, 1.82) is 0 Å². The maximum absolute atomic E-state index is 12.9. The molecule has 1 saturated heterocycles. The average molecular weight is 315 g/mol. The Labute approximate surface area is 132 Å². The molecular weight excluding hydrogens is 294 g/mol. The van der Waals surface area contributed by atoms with E-state index < -0.39 is 10.0 Å². The molecule has 116 valence electrons. The molecule has 1 heterocycles. The molecule has 0 N–H and O–H groups in total. The predicted octanol–water partition coefficient (Wildman–Crippen LogP) is 3.77. The second-order valence-corrected chi connectivity index (χ2v) is 8.08. The first-order valence-corrected chi connectivity index (χ1v) is 9.02. The summed E-state index contributed by atoms with van der Waals surface area (Å²) in [5, 5.41) is 0. The van der Waals surface area contributed by atoms with Crippen LogP contribution in [0.25, 0.3) is 0 Å². The number of hydrogen-bond acceptors (Lipinski definition) is 2. The first-order chi connectivity index (χ1) is 10.4. The first-order valence-electron chi connectivity index (χ1n) is 7.58. The lowest BCUT2D eigenvalue weighted by Crippen LogP contribution is -2.17. The van der Waals surface area contributed by atoms with E-state index in [4.69, 9.17) is 0 Å². The molecule has 0 aliphatic carbocycles. The van der Waals surface area contributed by atoms with Gasteiger partial charge in [-0.1, -0.05) is 61.9 Å². The molecule has 3 nitrogen and oxygen atoms in total. The molecule has 0 saturated carbocycles. The highest BCUT2D eigenvalue weighted by molar-refractivity contribution is 7.89. The normalized spacial score (nSPS) is 24.5. The molecule has 3 atom stereocenters. The quantitative estimate of drug-likeness (QED) is 0.806. The molecular formula is C18H21NO2S. The Morgan fingerprint density at radius 2 is 1.55 bits per heavy atom. The van der Waals surface area contributed by atoms with Crippen LogP contribution in [0.5, 0.6) is 0 Å². The zero-order valence-corrected chi connectivity index (χ0v) is 13.9. The molecule has 0 spiro atoms. The van der Waals surface area contributed by atoms with E-state index in [2.05, 4.69) is 13.8 Å². The predicted molar refractivity (Wildman–Crippen MR) is 88.0 cm³/mol. The molecule has 1 unspecified atom stereocenters. The van der Waals surface area contributed by atoms with E-state index in [0.29, 0.717) is 4.90 Å². The Balaban J connectivity index is 1.97. The van der Waals surface area contributed by atoms with Crippen LogP contribution in [0.15, 0.2) is 59.5 Å². The van der Waals surface area contributed by atoms with Gasteiger partial charge in [0.2, 0.25) is 10.0 Å². The van der Waals surface area contributed by atoms with Gasteiger partial charge in [0.1, 0.15) is 0 Å². The molecule has 0 radical (unpaired) electrons. The van der Waals surface area contributed by atoms with E-state index >= 15 is 0 Å². The number of sulfonamides is 1. The number of benzene rings is 2. The summed E-state index contributed by atoms with van der Waals surface area (Å²) in [6.45, 7) is 6.11. The molecule has 1 fully saturated rings. The van der Waals surface area contributed by atoms with Crippen molar-refractivity contribution in [2.75, 3.05) is 0 Å². The van der Waals surface area contributed by atoms with Crippen molar-refractivity contribution in [2.24, 2.45) is 5.92 Å². The summed E-state index contributed by atoms with van der Waals surface area (Å²) in [5.74, 6) is 0.283. The molecule has 1 aliphatic rings. The number of rotatable bonds is 4. The minimum atomic E-state index is -3.44. The lowest BCUT2D eigenvalue weighted by atomic mass is 10.0. The van der Waals surface area contributed by atoms with Crippen molar-refractivity contribution >= 4 is 10.0 Å². The smallest absolute Gasteiger partial charge is 0.207 e. The lowest BCUT2D eigenvalue weighted by molar-refractivity contribution is 0.517. The summed E-state index contributed by atoms with van der Waals surface area (Å²) < 4.78 is 27.5. The van der Waals surface area contributed by atoms with Gasteiger partial charge in [0.25, 0.3) is 0 Å². The summed E-state index contributed by atoms with van der Waals surface area (Å²) in [5.41, 5.74) is 2.13. The van der Waals surface area contributed by atoms with Gasteiger partial charge < -0.3 is 0 Å². The van der Waals surface area contributed by atoms with E-state index in [0.717, 1.165) is 11.1 Å². The fourth-order valence-corrected chi connectivity index (χ4v) is 4.92. The van der Waals surface area contributed by atoms with Gasteiger partial charge in [0, 0.05) is 6.04 Å². The maximum atomic E-state index is 12.9. The fraction of sp³-hybridized carbons (Fsp3) is 0.333. The molecule has 0 aromatic heterocycles. The zero-order chi connectivity index (χ0) is 15.9. The van der Waals surface area contributed by atoms with Gasteiger partial charge in [-0.15, -0.1) is 0 Å². The van der Waals surface area contributed by atoms with Crippen molar-refractivity contribution in [1.82, 2.24) is 4.31 Å². The Kier molecular flexibility index (Phi) is 3.83. The van der Waals surface area contributed by atoms with E-state index in [1.165, 1.54) is 0 Å². The standard InChI is InChI=1S/C18H21NO2S/c1-13(2)17-18(15-7-5-4-6-8-15)19(17)22(20,21)16-11-9-14(3)10-12-16/h4-13,17-18H,1-3H3/t17-,18-,19?/m1/s1. The topological polar surface area (TPSA) is 37.1 Å². The molecule has 0 amide bonds. The maximum Gasteiger partial charge on any atom is 0.244 e. The molecule has 0 bridgehead atoms. The van der Waals surface area contributed by atoms with Crippen LogP contribution in [0.4, 0.5) is 0 Å². The Morgan fingerprint density at radius 1 is 0.955 bits per heavy atom. The van der Waals surface area contributed by atoms with E-state index in [-0.39, 0.29) is 18.0 Å². The van der Waals surface area contributed by atoms with Crippen molar-refractivity contribution in [3.8, 4) is 0 Å². The summed E-state index contributed by atoms with van der Waals surface area (Å²) >= 11 is 0. The van der Waals surface area contributed by atoms with Crippen LogP contribution in [0.3, 0.4) is 0 Å². The summed E-state index contributed by atoms with van der Waals surface area (Å²) in [6, 6.07) is 17.0. The van der Waals surface area contributed by atoms with E-state index in [1.54, 1.807) is 16.4 Å². The minimum absolute atomic E-state index is 0.0358. The SMILES string of the molecule is Cc1ccc(S(=O)(=O)N2[C@H](c3ccccc3)[C@H]2C(C)C)cc1. The number of aryl methyl sites for hydroxylation is 1. The monoisotopic (exact) mass is 315 g/mol. The number of nitrogens with zero attached hydrogens (tertiary/aromatic N) is 1. The molecule has 4 heteroatoms. The highest BCUT2D eigenvalue weighted by Crippen LogP contribution is 2.50. The van der Waals surface area contributed by atoms with Gasteiger partial charge in [0.15, 0.2) is 0 Å². The van der Waals surface area contributed by atoms with Gasteiger partial charge in [0.05, 0.1) is 10.9 Å². The third kappa shape index (κ3) is 2.57.